The lowest BCUT2D eigenvalue weighted by Crippen LogP contribution is -2.36. The van der Waals surface area contributed by atoms with Crippen molar-refractivity contribution >= 4 is 17.3 Å². The number of rotatable bonds is 4. The lowest BCUT2D eigenvalue weighted by molar-refractivity contribution is -0.129. The molecule has 3 aliphatic heterocycles. The third-order valence-electron chi connectivity index (χ3n) is 8.51. The molecule has 1 fully saturated rings. The van der Waals surface area contributed by atoms with Crippen molar-refractivity contribution in [2.75, 3.05) is 31.1 Å². The first kappa shape index (κ1) is 25.0. The molecule has 6 nitrogen and oxygen atoms in total. The Morgan fingerprint density at radius 2 is 1.87 bits per heavy atom. The SMILES string of the molecule is CC(=O)N1CCc2cc(C3CCNCC3)cc(N3CCCc4cc(-c5cnn(C)c5)c(C(F)F)cc43)c2C1. The second-order valence-electron chi connectivity index (χ2n) is 10.9. The summed E-state index contributed by atoms with van der Waals surface area (Å²) in [7, 11) is 1.80. The van der Waals surface area contributed by atoms with Crippen molar-refractivity contribution in [2.24, 2.45) is 7.05 Å². The Morgan fingerprint density at radius 1 is 1.05 bits per heavy atom. The van der Waals surface area contributed by atoms with Crippen molar-refractivity contribution in [1.82, 2.24) is 20.0 Å². The number of aromatic nitrogens is 2. The first-order chi connectivity index (χ1) is 18.4. The van der Waals surface area contributed by atoms with Gasteiger partial charge in [0.1, 0.15) is 0 Å². The average Bonchev–Trinajstić information content (AvgIpc) is 3.37. The Labute approximate surface area is 222 Å². The van der Waals surface area contributed by atoms with E-state index in [2.05, 4.69) is 27.4 Å². The van der Waals surface area contributed by atoms with Crippen molar-refractivity contribution in [3.05, 3.63) is 64.5 Å². The van der Waals surface area contributed by atoms with Crippen LogP contribution in [0.15, 0.2) is 36.7 Å². The van der Waals surface area contributed by atoms with Gasteiger partial charge >= 0.3 is 0 Å². The molecule has 200 valence electrons. The number of benzene rings is 2. The van der Waals surface area contributed by atoms with E-state index in [1.807, 2.05) is 11.0 Å². The Hall–Kier alpha value is -3.26. The minimum Gasteiger partial charge on any atom is -0.341 e. The predicted octanol–water partition coefficient (Wildman–Crippen LogP) is 5.48. The second kappa shape index (κ2) is 10.1. The highest BCUT2D eigenvalue weighted by molar-refractivity contribution is 5.79. The zero-order valence-corrected chi connectivity index (χ0v) is 22.1. The Kier molecular flexibility index (Phi) is 6.68. The summed E-state index contributed by atoms with van der Waals surface area (Å²) in [6.45, 7) is 5.70. The van der Waals surface area contributed by atoms with E-state index in [0.29, 0.717) is 23.6 Å². The fourth-order valence-electron chi connectivity index (χ4n) is 6.46. The highest BCUT2D eigenvalue weighted by Crippen LogP contribution is 2.44. The molecule has 1 N–H and O–H groups in total. The van der Waals surface area contributed by atoms with E-state index in [0.717, 1.165) is 80.8 Å². The van der Waals surface area contributed by atoms with Gasteiger partial charge in [0.25, 0.3) is 6.43 Å². The number of halogens is 2. The number of hydrogen-bond acceptors (Lipinski definition) is 4. The Morgan fingerprint density at radius 3 is 2.58 bits per heavy atom. The maximum atomic E-state index is 14.4. The van der Waals surface area contributed by atoms with Crippen LogP contribution in [0, 0.1) is 0 Å². The summed E-state index contributed by atoms with van der Waals surface area (Å²) in [6, 6.07) is 8.31. The van der Waals surface area contributed by atoms with Crippen molar-refractivity contribution < 1.29 is 13.6 Å². The molecule has 0 spiro atoms. The van der Waals surface area contributed by atoms with Crippen molar-refractivity contribution in [1.29, 1.82) is 0 Å². The van der Waals surface area contributed by atoms with Gasteiger partial charge in [-0.3, -0.25) is 9.48 Å². The summed E-state index contributed by atoms with van der Waals surface area (Å²) in [6.07, 6.45) is 5.66. The van der Waals surface area contributed by atoms with Crippen LogP contribution in [0.25, 0.3) is 11.1 Å². The molecule has 0 aliphatic carbocycles. The van der Waals surface area contributed by atoms with Crippen molar-refractivity contribution in [3.8, 4) is 11.1 Å². The molecular formula is C30H35F2N5O. The minimum atomic E-state index is -2.59. The van der Waals surface area contributed by atoms with Gasteiger partial charge in [-0.2, -0.15) is 5.10 Å². The number of amides is 1. The Bertz CT molecular complexity index is 1360. The smallest absolute Gasteiger partial charge is 0.264 e. The number of piperidine rings is 1. The molecule has 0 saturated carbocycles. The lowest BCUT2D eigenvalue weighted by Gasteiger charge is -2.38. The predicted molar refractivity (Wildman–Crippen MR) is 145 cm³/mol. The summed E-state index contributed by atoms with van der Waals surface area (Å²) in [4.78, 5) is 16.5. The van der Waals surface area contributed by atoms with Crippen LogP contribution in [0.2, 0.25) is 0 Å². The van der Waals surface area contributed by atoms with E-state index >= 15 is 0 Å². The molecule has 1 aromatic heterocycles. The van der Waals surface area contributed by atoms with Crippen LogP contribution in [-0.2, 0) is 31.2 Å². The topological polar surface area (TPSA) is 53.4 Å². The fraction of sp³-hybridized carbons (Fsp3) is 0.467. The second-order valence-corrected chi connectivity index (χ2v) is 10.9. The standard InChI is InChI=1S/C30H35F2N5O/c1-19(38)36-11-7-21-12-23(20-5-8-33-9-6-20)14-29(27(21)18-36)37-10-3-4-22-13-25(24-16-34-35(2)17-24)26(30(31)32)15-28(22)37/h12-17,20,30,33H,3-11,18H2,1-2H3. The maximum absolute atomic E-state index is 14.4. The molecule has 8 heteroatoms. The fourth-order valence-corrected chi connectivity index (χ4v) is 6.46. The number of alkyl halides is 2. The normalized spacial score (nSPS) is 18.0. The number of fused-ring (bicyclic) bond motifs is 2. The van der Waals surface area contributed by atoms with Crippen LogP contribution in [0.4, 0.5) is 20.2 Å². The summed E-state index contributed by atoms with van der Waals surface area (Å²) in [5.41, 5.74) is 8.13. The molecule has 3 aromatic rings. The molecule has 4 heterocycles. The molecule has 0 bridgehead atoms. The number of hydrogen-bond donors (Lipinski definition) is 1. The van der Waals surface area contributed by atoms with E-state index < -0.39 is 6.43 Å². The summed E-state index contributed by atoms with van der Waals surface area (Å²) in [5.74, 6) is 0.559. The number of nitrogens with one attached hydrogen (secondary N) is 1. The lowest BCUT2D eigenvalue weighted by atomic mass is 9.85. The van der Waals surface area contributed by atoms with Gasteiger partial charge in [-0.15, -0.1) is 0 Å². The monoisotopic (exact) mass is 519 g/mol. The summed E-state index contributed by atoms with van der Waals surface area (Å²) < 4.78 is 30.5. The van der Waals surface area contributed by atoms with Gasteiger partial charge in [-0.25, -0.2) is 8.78 Å². The van der Waals surface area contributed by atoms with E-state index in [-0.39, 0.29) is 11.5 Å². The number of carbonyl (C=O) groups excluding carboxylic acids is 1. The number of nitrogens with zero attached hydrogens (tertiary/aromatic N) is 4. The van der Waals surface area contributed by atoms with E-state index in [4.69, 9.17) is 0 Å². The molecule has 1 saturated heterocycles. The highest BCUT2D eigenvalue weighted by Gasteiger charge is 2.30. The number of anilines is 2. The highest BCUT2D eigenvalue weighted by atomic mass is 19.3. The minimum absolute atomic E-state index is 0.0392. The molecule has 3 aliphatic rings. The van der Waals surface area contributed by atoms with Crippen LogP contribution in [-0.4, -0.2) is 46.8 Å². The van der Waals surface area contributed by atoms with Gasteiger partial charge < -0.3 is 15.1 Å². The molecule has 0 radical (unpaired) electrons. The first-order valence-electron chi connectivity index (χ1n) is 13.7. The van der Waals surface area contributed by atoms with Crippen LogP contribution in [0.1, 0.15) is 66.3 Å². The summed E-state index contributed by atoms with van der Waals surface area (Å²) in [5, 5.41) is 7.68. The third kappa shape index (κ3) is 4.59. The number of carbonyl (C=O) groups is 1. The van der Waals surface area contributed by atoms with Crippen LogP contribution in [0.5, 0.6) is 0 Å². The van der Waals surface area contributed by atoms with Gasteiger partial charge in [0.15, 0.2) is 0 Å². The summed E-state index contributed by atoms with van der Waals surface area (Å²) >= 11 is 0. The zero-order chi connectivity index (χ0) is 26.4. The van der Waals surface area contributed by atoms with Crippen molar-refractivity contribution in [3.63, 3.8) is 0 Å². The molecule has 0 atom stereocenters. The molecular weight excluding hydrogens is 484 g/mol. The molecule has 38 heavy (non-hydrogen) atoms. The van der Waals surface area contributed by atoms with Gasteiger partial charge in [-0.05, 0) is 97.1 Å². The van der Waals surface area contributed by atoms with E-state index in [1.54, 1.807) is 37.1 Å². The van der Waals surface area contributed by atoms with E-state index in [9.17, 15) is 13.6 Å². The van der Waals surface area contributed by atoms with Gasteiger partial charge in [0, 0.05) is 62.3 Å². The largest absolute Gasteiger partial charge is 0.341 e. The molecule has 6 rings (SSSR count). The van der Waals surface area contributed by atoms with E-state index in [1.165, 1.54) is 11.1 Å². The van der Waals surface area contributed by atoms with Crippen molar-refractivity contribution in [2.45, 2.75) is 57.9 Å². The average molecular weight is 520 g/mol. The molecule has 2 aromatic carbocycles. The van der Waals surface area contributed by atoms with Crippen LogP contribution in [0.3, 0.4) is 0 Å². The van der Waals surface area contributed by atoms with Gasteiger partial charge in [0.05, 0.1) is 6.20 Å². The van der Waals surface area contributed by atoms with Gasteiger partial charge in [-0.1, -0.05) is 6.07 Å². The Balaban J connectivity index is 1.49. The number of aryl methyl sites for hydroxylation is 2. The quantitative estimate of drug-likeness (QED) is 0.496. The van der Waals surface area contributed by atoms with Gasteiger partial charge in [0.2, 0.25) is 5.91 Å². The molecule has 1 amide bonds. The third-order valence-corrected chi connectivity index (χ3v) is 8.51. The zero-order valence-electron chi connectivity index (χ0n) is 22.1. The van der Waals surface area contributed by atoms with Crippen LogP contribution < -0.4 is 10.2 Å². The first-order valence-corrected chi connectivity index (χ1v) is 13.7. The van der Waals surface area contributed by atoms with Crippen LogP contribution >= 0.6 is 0 Å². The maximum Gasteiger partial charge on any atom is 0.264 e. The molecule has 0 unspecified atom stereocenters.